The summed E-state index contributed by atoms with van der Waals surface area (Å²) in [6.07, 6.45) is 2.88. The fourth-order valence-corrected chi connectivity index (χ4v) is 2.28. The van der Waals surface area contributed by atoms with Gasteiger partial charge in [0.15, 0.2) is 5.78 Å². The first-order valence-corrected chi connectivity index (χ1v) is 7.65. The predicted molar refractivity (Wildman–Crippen MR) is 78.8 cm³/mol. The summed E-state index contributed by atoms with van der Waals surface area (Å²) in [5.41, 5.74) is 0.760. The van der Waals surface area contributed by atoms with Crippen molar-refractivity contribution in [3.8, 4) is 5.75 Å². The zero-order valence-electron chi connectivity index (χ0n) is 11.1. The van der Waals surface area contributed by atoms with Gasteiger partial charge in [0.25, 0.3) is 0 Å². The van der Waals surface area contributed by atoms with Crippen molar-refractivity contribution in [1.82, 2.24) is 0 Å². The van der Waals surface area contributed by atoms with Crippen LogP contribution in [-0.2, 0) is 0 Å². The van der Waals surface area contributed by atoms with Gasteiger partial charge in [-0.05, 0) is 30.7 Å². The number of ketones is 1. The van der Waals surface area contributed by atoms with Crippen LogP contribution >= 0.6 is 15.9 Å². The maximum absolute atomic E-state index is 11.5. The molecule has 0 bridgehead atoms. The molecule has 3 heteroatoms. The number of hydrogen-bond donors (Lipinski definition) is 0. The first-order valence-electron chi connectivity index (χ1n) is 6.53. The first kappa shape index (κ1) is 15.2. The molecule has 0 aliphatic carbocycles. The van der Waals surface area contributed by atoms with Gasteiger partial charge in [-0.2, -0.15) is 0 Å². The Hall–Kier alpha value is -0.830. The third kappa shape index (κ3) is 4.81. The number of carbonyl (C=O) groups is 1. The predicted octanol–water partition coefficient (Wildman–Crippen LogP) is 4.47. The second-order valence-electron chi connectivity index (χ2n) is 4.42. The van der Waals surface area contributed by atoms with Gasteiger partial charge in [-0.3, -0.25) is 4.79 Å². The lowest BCUT2D eigenvalue weighted by molar-refractivity contribution is 0.0988. The summed E-state index contributed by atoms with van der Waals surface area (Å²) in [7, 11) is 0. The van der Waals surface area contributed by atoms with E-state index in [1.807, 2.05) is 31.2 Å². The zero-order chi connectivity index (χ0) is 13.4. The van der Waals surface area contributed by atoms with Crippen molar-refractivity contribution in [3.05, 3.63) is 29.8 Å². The van der Waals surface area contributed by atoms with Gasteiger partial charge < -0.3 is 4.74 Å². The fraction of sp³-hybridized carbons (Fsp3) is 0.533. The highest BCUT2D eigenvalue weighted by Gasteiger charge is 2.07. The summed E-state index contributed by atoms with van der Waals surface area (Å²) in [6, 6.07) is 7.43. The summed E-state index contributed by atoms with van der Waals surface area (Å²) in [5.74, 6) is 1.56. The van der Waals surface area contributed by atoms with E-state index in [0.717, 1.165) is 29.7 Å². The van der Waals surface area contributed by atoms with E-state index in [1.165, 1.54) is 6.42 Å². The molecule has 0 aromatic heterocycles. The van der Waals surface area contributed by atoms with Gasteiger partial charge in [-0.1, -0.05) is 36.2 Å². The van der Waals surface area contributed by atoms with Gasteiger partial charge in [0.05, 0.1) is 6.61 Å². The minimum Gasteiger partial charge on any atom is -0.493 e. The van der Waals surface area contributed by atoms with Crippen LogP contribution in [0.1, 0.15) is 43.5 Å². The van der Waals surface area contributed by atoms with Crippen molar-refractivity contribution in [3.63, 3.8) is 0 Å². The second-order valence-corrected chi connectivity index (χ2v) is 5.07. The molecule has 0 N–H and O–H groups in total. The molecule has 0 aliphatic heterocycles. The Labute approximate surface area is 118 Å². The monoisotopic (exact) mass is 312 g/mol. The molecule has 0 fully saturated rings. The van der Waals surface area contributed by atoms with Crippen LogP contribution in [0.4, 0.5) is 0 Å². The normalized spacial score (nSPS) is 12.2. The van der Waals surface area contributed by atoms with E-state index in [4.69, 9.17) is 4.74 Å². The van der Waals surface area contributed by atoms with Crippen LogP contribution in [0.2, 0.25) is 0 Å². The lowest BCUT2D eigenvalue weighted by atomic mass is 10.1. The number of halogens is 1. The summed E-state index contributed by atoms with van der Waals surface area (Å²) in [5, 5.41) is 0.966. The highest BCUT2D eigenvalue weighted by molar-refractivity contribution is 9.09. The average Bonchev–Trinajstić information content (AvgIpc) is 2.43. The number of hydrogen-bond acceptors (Lipinski definition) is 2. The Morgan fingerprint density at radius 3 is 2.44 bits per heavy atom. The molecule has 0 heterocycles. The lowest BCUT2D eigenvalue weighted by Crippen LogP contribution is -2.13. The molecule has 2 nitrogen and oxygen atoms in total. The van der Waals surface area contributed by atoms with Gasteiger partial charge in [-0.25, -0.2) is 0 Å². The molecule has 0 spiro atoms. The van der Waals surface area contributed by atoms with E-state index in [2.05, 4.69) is 22.9 Å². The summed E-state index contributed by atoms with van der Waals surface area (Å²) in [4.78, 5) is 11.5. The van der Waals surface area contributed by atoms with E-state index in [1.54, 1.807) is 0 Å². The molecule has 1 unspecified atom stereocenters. The smallest absolute Gasteiger partial charge is 0.162 e. The Morgan fingerprint density at radius 1 is 1.28 bits per heavy atom. The molecule has 18 heavy (non-hydrogen) atoms. The van der Waals surface area contributed by atoms with E-state index in [9.17, 15) is 4.79 Å². The van der Waals surface area contributed by atoms with Gasteiger partial charge in [0, 0.05) is 23.2 Å². The van der Waals surface area contributed by atoms with E-state index < -0.39 is 0 Å². The van der Waals surface area contributed by atoms with Crippen molar-refractivity contribution >= 4 is 21.7 Å². The molecule has 0 saturated carbocycles. The summed E-state index contributed by atoms with van der Waals surface area (Å²) in [6.45, 7) is 4.78. The van der Waals surface area contributed by atoms with Crippen molar-refractivity contribution < 1.29 is 9.53 Å². The number of ether oxygens (including phenoxy) is 1. The lowest BCUT2D eigenvalue weighted by Gasteiger charge is -2.14. The Morgan fingerprint density at radius 2 is 1.94 bits per heavy atom. The van der Waals surface area contributed by atoms with Crippen LogP contribution in [0.25, 0.3) is 0 Å². The molecule has 1 aromatic rings. The molecule has 100 valence electrons. The van der Waals surface area contributed by atoms with Crippen molar-refractivity contribution in [1.29, 1.82) is 0 Å². The molecule has 0 saturated heterocycles. The number of benzene rings is 1. The third-order valence-electron chi connectivity index (χ3n) is 2.90. The van der Waals surface area contributed by atoms with E-state index >= 15 is 0 Å². The van der Waals surface area contributed by atoms with Gasteiger partial charge in [-0.15, -0.1) is 0 Å². The maximum Gasteiger partial charge on any atom is 0.162 e. The van der Waals surface area contributed by atoms with Crippen LogP contribution in [-0.4, -0.2) is 17.7 Å². The van der Waals surface area contributed by atoms with E-state index in [0.29, 0.717) is 12.3 Å². The second kappa shape index (κ2) is 8.30. The quantitative estimate of drug-likeness (QED) is 0.523. The Kier molecular flexibility index (Phi) is 7.02. The summed E-state index contributed by atoms with van der Waals surface area (Å²) < 4.78 is 5.74. The number of Topliss-reactive ketones (excluding diaryl/α,β-unsaturated/α-hetero) is 1. The molecule has 1 atom stereocenters. The standard InChI is InChI=1S/C15H21BrO2/c1-3-5-12(10-16)11-18-14-8-6-13(7-9-14)15(17)4-2/h6-9,12H,3-5,10-11H2,1-2H3. The molecular formula is C15H21BrO2. The van der Waals surface area contributed by atoms with Crippen LogP contribution in [0.3, 0.4) is 0 Å². The maximum atomic E-state index is 11.5. The Balaban J connectivity index is 2.50. The number of alkyl halides is 1. The minimum atomic E-state index is 0.172. The number of carbonyl (C=O) groups excluding carboxylic acids is 1. The highest BCUT2D eigenvalue weighted by Crippen LogP contribution is 2.16. The SMILES string of the molecule is CCCC(CBr)COc1ccc(C(=O)CC)cc1. The Bertz CT molecular complexity index is 359. The van der Waals surface area contributed by atoms with Crippen LogP contribution in [0.15, 0.2) is 24.3 Å². The molecule has 0 aliphatic rings. The summed E-state index contributed by atoms with van der Waals surface area (Å²) >= 11 is 3.51. The third-order valence-corrected chi connectivity index (χ3v) is 3.81. The fourth-order valence-electron chi connectivity index (χ4n) is 1.77. The van der Waals surface area contributed by atoms with Crippen molar-refractivity contribution in [2.45, 2.75) is 33.1 Å². The molecule has 0 radical (unpaired) electrons. The number of rotatable bonds is 8. The minimum absolute atomic E-state index is 0.172. The van der Waals surface area contributed by atoms with Crippen molar-refractivity contribution in [2.24, 2.45) is 5.92 Å². The van der Waals surface area contributed by atoms with Gasteiger partial charge in [0.2, 0.25) is 0 Å². The first-order chi connectivity index (χ1) is 8.71. The zero-order valence-corrected chi connectivity index (χ0v) is 12.7. The van der Waals surface area contributed by atoms with Crippen LogP contribution in [0.5, 0.6) is 5.75 Å². The average molecular weight is 313 g/mol. The molecule has 0 amide bonds. The van der Waals surface area contributed by atoms with Crippen LogP contribution < -0.4 is 4.74 Å². The van der Waals surface area contributed by atoms with Crippen LogP contribution in [0, 0.1) is 5.92 Å². The van der Waals surface area contributed by atoms with E-state index in [-0.39, 0.29) is 5.78 Å². The topological polar surface area (TPSA) is 26.3 Å². The largest absolute Gasteiger partial charge is 0.493 e. The molecular weight excluding hydrogens is 292 g/mol. The van der Waals surface area contributed by atoms with Gasteiger partial charge in [0.1, 0.15) is 5.75 Å². The molecule has 1 aromatic carbocycles. The highest BCUT2D eigenvalue weighted by atomic mass is 79.9. The van der Waals surface area contributed by atoms with Gasteiger partial charge >= 0.3 is 0 Å². The molecule has 1 rings (SSSR count). The van der Waals surface area contributed by atoms with Crippen molar-refractivity contribution in [2.75, 3.05) is 11.9 Å².